The molecule has 0 bridgehead atoms. The molecule has 1 aliphatic heterocycles. The molecule has 1 aliphatic rings. The van der Waals surface area contributed by atoms with Gasteiger partial charge in [0.2, 0.25) is 0 Å². The van der Waals surface area contributed by atoms with E-state index in [1.807, 2.05) is 0 Å². The predicted octanol–water partition coefficient (Wildman–Crippen LogP) is 9.99. The van der Waals surface area contributed by atoms with Crippen LogP contribution in [0.3, 0.4) is 0 Å². The van der Waals surface area contributed by atoms with Crippen LogP contribution in [0.2, 0.25) is 31.4 Å². The van der Waals surface area contributed by atoms with Crippen molar-refractivity contribution in [2.45, 2.75) is 163 Å². The Morgan fingerprint density at radius 1 is 0.882 bits per heavy atom. The molecule has 0 aliphatic carbocycles. The molecule has 0 unspecified atom stereocenters. The van der Waals surface area contributed by atoms with Crippen LogP contribution in [-0.4, -0.2) is 44.5 Å². The van der Waals surface area contributed by atoms with E-state index in [1.54, 1.807) is 3.59 Å². The van der Waals surface area contributed by atoms with Crippen molar-refractivity contribution in [2.75, 3.05) is 6.61 Å². The number of rotatable bonds is 16. The van der Waals surface area contributed by atoms with Crippen LogP contribution < -0.4 is 0 Å². The number of unbranched alkanes of at least 4 members (excludes halogenated alkanes) is 3. The summed E-state index contributed by atoms with van der Waals surface area (Å²) in [5.74, 6) is 0. The minimum atomic E-state index is -2.45. The second-order valence-corrected chi connectivity index (χ2v) is 31.4. The maximum absolute atomic E-state index is 6.67. The van der Waals surface area contributed by atoms with Gasteiger partial charge < -0.3 is 0 Å². The topological polar surface area (TPSA) is 27.7 Å². The van der Waals surface area contributed by atoms with E-state index in [0.29, 0.717) is 6.61 Å². The third-order valence-corrected chi connectivity index (χ3v) is 30.0. The summed E-state index contributed by atoms with van der Waals surface area (Å²) in [4.78, 5) is 12.6. The fraction of sp³-hybridized carbons (Fsp3) is 0.931. The van der Waals surface area contributed by atoms with Gasteiger partial charge >= 0.3 is 220 Å². The zero-order valence-corrected chi connectivity index (χ0v) is 28.8. The molecule has 202 valence electrons. The second-order valence-electron chi connectivity index (χ2n) is 12.8. The predicted molar refractivity (Wildman–Crippen MR) is 155 cm³/mol. The van der Waals surface area contributed by atoms with E-state index in [-0.39, 0.29) is 16.2 Å². The molecule has 3 nitrogen and oxygen atoms in total. The number of allylic oxidation sites excluding steroid dienone is 1. The molecule has 2 atom stereocenters. The molecule has 5 heteroatoms. The zero-order chi connectivity index (χ0) is 26.1. The molecule has 0 spiro atoms. The molecule has 0 N–H and O–H groups in total. The fourth-order valence-corrected chi connectivity index (χ4v) is 22.1. The van der Waals surface area contributed by atoms with Crippen molar-refractivity contribution in [3.8, 4) is 0 Å². The van der Waals surface area contributed by atoms with Gasteiger partial charge in [0.1, 0.15) is 0 Å². The second kappa shape index (κ2) is 14.0. The van der Waals surface area contributed by atoms with Crippen molar-refractivity contribution in [3.05, 3.63) is 9.67 Å². The molecular weight excluding hydrogens is 543 g/mol. The summed E-state index contributed by atoms with van der Waals surface area (Å²) in [6.45, 7) is 26.3. The van der Waals surface area contributed by atoms with Gasteiger partial charge in [-0.2, -0.15) is 0 Å². The molecule has 34 heavy (non-hydrogen) atoms. The summed E-state index contributed by atoms with van der Waals surface area (Å²) >= 11 is -2.45. The molecule has 1 rings (SSSR count). The van der Waals surface area contributed by atoms with E-state index in [9.17, 15) is 0 Å². The average molecular weight is 604 g/mol. The molecule has 1 fully saturated rings. The molecule has 1 saturated heterocycles. The average Bonchev–Trinajstić information content (AvgIpc) is 3.16. The van der Waals surface area contributed by atoms with Gasteiger partial charge in [0.15, 0.2) is 0 Å². The Kier molecular flexibility index (Phi) is 13.4. The summed E-state index contributed by atoms with van der Waals surface area (Å²) in [6.07, 6.45) is 13.5. The fourth-order valence-electron chi connectivity index (χ4n) is 5.09. The Morgan fingerprint density at radius 3 is 1.76 bits per heavy atom. The van der Waals surface area contributed by atoms with Crippen LogP contribution in [0.4, 0.5) is 0 Å². The molecule has 0 aromatic rings. The first-order valence-corrected chi connectivity index (χ1v) is 24.9. The van der Waals surface area contributed by atoms with E-state index >= 15 is 0 Å². The summed E-state index contributed by atoms with van der Waals surface area (Å²) in [5, 5.41) is 0.200. The number of hydrogen-bond acceptors (Lipinski definition) is 3. The Labute approximate surface area is 219 Å². The monoisotopic (exact) mass is 604 g/mol. The summed E-state index contributed by atoms with van der Waals surface area (Å²) in [5.41, 5.74) is -0.638. The van der Waals surface area contributed by atoms with Crippen LogP contribution in [0.1, 0.15) is 120 Å². The van der Waals surface area contributed by atoms with Crippen LogP contribution in [0.15, 0.2) is 9.67 Å². The van der Waals surface area contributed by atoms with Crippen LogP contribution in [0.25, 0.3) is 0 Å². The minimum absolute atomic E-state index is 0.200. The van der Waals surface area contributed by atoms with E-state index in [1.165, 1.54) is 51.8 Å². The van der Waals surface area contributed by atoms with Crippen molar-refractivity contribution in [2.24, 2.45) is 0 Å². The van der Waals surface area contributed by atoms with Gasteiger partial charge in [0, 0.05) is 0 Å². The summed E-state index contributed by atoms with van der Waals surface area (Å²) in [6, 6.07) is 0. The number of hydrogen-bond donors (Lipinski definition) is 0. The zero-order valence-electron chi connectivity index (χ0n) is 25.0. The third kappa shape index (κ3) is 8.60. The SMILES string of the molecule is CCC[CH2][Sn]([CH2]CCC)([CH2]CCC)/[C](C)=C\[C@@]1(CC)C[C@@](CC)(CO[Si](C)(C)C(C)(C)C)OO1. The molecule has 1 heterocycles. The molecule has 0 radical (unpaired) electrons. The first-order chi connectivity index (χ1) is 15.8. The quantitative estimate of drug-likeness (QED) is 0.130. The van der Waals surface area contributed by atoms with Gasteiger partial charge in [0.05, 0.1) is 0 Å². The van der Waals surface area contributed by atoms with Gasteiger partial charge in [-0.25, -0.2) is 0 Å². The van der Waals surface area contributed by atoms with E-state index in [0.717, 1.165) is 19.3 Å². The Morgan fingerprint density at radius 2 is 1.38 bits per heavy atom. The van der Waals surface area contributed by atoms with Gasteiger partial charge in [-0.15, -0.1) is 0 Å². The van der Waals surface area contributed by atoms with Crippen molar-refractivity contribution >= 4 is 26.7 Å². The van der Waals surface area contributed by atoms with Crippen LogP contribution in [0, 0.1) is 0 Å². The van der Waals surface area contributed by atoms with E-state index in [2.05, 4.69) is 81.5 Å². The first-order valence-electron chi connectivity index (χ1n) is 14.5. The summed E-state index contributed by atoms with van der Waals surface area (Å²) < 4.78 is 12.9. The third-order valence-electron chi connectivity index (χ3n) is 9.09. The van der Waals surface area contributed by atoms with Crippen molar-refractivity contribution < 1.29 is 14.2 Å². The molecular formula is C29H60O3SiSn. The van der Waals surface area contributed by atoms with Gasteiger partial charge in [-0.3, -0.25) is 0 Å². The maximum atomic E-state index is 6.67. The molecule has 0 aromatic carbocycles. The molecule has 0 aromatic heterocycles. The first kappa shape index (κ1) is 32.7. The Balaban J connectivity index is 3.24. The van der Waals surface area contributed by atoms with E-state index < -0.39 is 26.7 Å². The van der Waals surface area contributed by atoms with E-state index in [4.69, 9.17) is 14.2 Å². The standard InChI is InChI=1S/C17H33O3Si.3C4H9.Sn/c1-9-12-16(10-2)13-17(11-3,20-19-16)14-18-21(7,8)15(4,5)6;3*1-3-4-2;/h12H,10-11,13-14H2,1-8H3;3*1,3-4H2,2H3;/t16-,17-;;;;/m0..../s1. The summed E-state index contributed by atoms with van der Waals surface area (Å²) in [7, 11) is -1.84. The van der Waals surface area contributed by atoms with Crippen molar-refractivity contribution in [3.63, 3.8) is 0 Å². The van der Waals surface area contributed by atoms with Crippen LogP contribution in [0.5, 0.6) is 0 Å². The van der Waals surface area contributed by atoms with Gasteiger partial charge in [-0.05, 0) is 0 Å². The van der Waals surface area contributed by atoms with Gasteiger partial charge in [-0.1, -0.05) is 0 Å². The Hall–Kier alpha value is 0.636. The molecule has 0 saturated carbocycles. The van der Waals surface area contributed by atoms with Crippen molar-refractivity contribution in [1.82, 2.24) is 0 Å². The van der Waals surface area contributed by atoms with Crippen molar-refractivity contribution in [1.29, 1.82) is 0 Å². The normalized spacial score (nSPS) is 24.7. The Bertz CT molecular complexity index is 606. The van der Waals surface area contributed by atoms with Crippen LogP contribution in [-0.2, 0) is 14.2 Å². The molecule has 0 amide bonds. The van der Waals surface area contributed by atoms with Gasteiger partial charge in [0.25, 0.3) is 0 Å². The van der Waals surface area contributed by atoms with Crippen LogP contribution >= 0.6 is 0 Å².